The van der Waals surface area contributed by atoms with Crippen LogP contribution in [0.25, 0.3) is 16.9 Å². The summed E-state index contributed by atoms with van der Waals surface area (Å²) < 4.78 is 1.80. The van der Waals surface area contributed by atoms with Gasteiger partial charge in [0, 0.05) is 17.4 Å². The average Bonchev–Trinajstić information content (AvgIpc) is 3.30. The highest BCUT2D eigenvalue weighted by Crippen LogP contribution is 2.18. The summed E-state index contributed by atoms with van der Waals surface area (Å²) in [5.74, 6) is 1.01. The van der Waals surface area contributed by atoms with Crippen LogP contribution in [-0.4, -0.2) is 30.5 Å². The van der Waals surface area contributed by atoms with Gasteiger partial charge in [0.05, 0.1) is 30.1 Å². The summed E-state index contributed by atoms with van der Waals surface area (Å²) >= 11 is 0. The van der Waals surface area contributed by atoms with Crippen molar-refractivity contribution in [3.63, 3.8) is 0 Å². The van der Waals surface area contributed by atoms with Gasteiger partial charge < -0.3 is 15.5 Å². The van der Waals surface area contributed by atoms with Crippen LogP contribution >= 0.6 is 0 Å². The minimum atomic E-state index is -0.188. The topological polar surface area (TPSA) is 114 Å². The summed E-state index contributed by atoms with van der Waals surface area (Å²) in [6.45, 7) is 0.308. The number of carbonyl (C=O) groups is 1. The van der Waals surface area contributed by atoms with Gasteiger partial charge in [0.25, 0.3) is 5.91 Å². The molecule has 0 radical (unpaired) electrons. The summed E-state index contributed by atoms with van der Waals surface area (Å²) in [5, 5.41) is 9.75. The molecule has 0 saturated carbocycles. The maximum absolute atomic E-state index is 12.4. The quantitative estimate of drug-likeness (QED) is 0.527. The molecular weight excluding hydrogens is 318 g/mol. The van der Waals surface area contributed by atoms with E-state index in [9.17, 15) is 4.79 Å². The van der Waals surface area contributed by atoms with Crippen molar-refractivity contribution in [1.82, 2.24) is 24.6 Å². The summed E-state index contributed by atoms with van der Waals surface area (Å²) in [6, 6.07) is 10.9. The number of H-pyrrole nitrogens is 1. The molecule has 0 aliphatic rings. The Labute approximate surface area is 142 Å². The lowest BCUT2D eigenvalue weighted by Gasteiger charge is -2.06. The number of nitrogens with one attached hydrogen (secondary N) is 2. The van der Waals surface area contributed by atoms with E-state index in [1.54, 1.807) is 29.2 Å². The van der Waals surface area contributed by atoms with Gasteiger partial charge in [0.1, 0.15) is 5.82 Å². The van der Waals surface area contributed by atoms with Crippen LogP contribution in [0.3, 0.4) is 0 Å². The minimum absolute atomic E-state index is 0.188. The molecule has 0 bridgehead atoms. The number of fused-ring (bicyclic) bond motifs is 1. The Balaban J connectivity index is 1.51. The van der Waals surface area contributed by atoms with Crippen LogP contribution in [-0.2, 0) is 6.54 Å². The van der Waals surface area contributed by atoms with Gasteiger partial charge in [-0.05, 0) is 36.4 Å². The highest BCUT2D eigenvalue weighted by molar-refractivity contribution is 6.04. The summed E-state index contributed by atoms with van der Waals surface area (Å²) in [6.07, 6.45) is 5.14. The van der Waals surface area contributed by atoms with Crippen molar-refractivity contribution >= 4 is 17.1 Å². The van der Waals surface area contributed by atoms with E-state index < -0.39 is 0 Å². The predicted octanol–water partition coefficient (Wildman–Crippen LogP) is 1.83. The van der Waals surface area contributed by atoms with Gasteiger partial charge in [0.15, 0.2) is 5.82 Å². The maximum Gasteiger partial charge on any atom is 0.257 e. The fourth-order valence-electron chi connectivity index (χ4n) is 2.48. The maximum atomic E-state index is 12.4. The second-order valence-electron chi connectivity index (χ2n) is 5.48. The van der Waals surface area contributed by atoms with Crippen LogP contribution in [0.4, 0.5) is 5.69 Å². The van der Waals surface area contributed by atoms with Crippen LogP contribution in [0.1, 0.15) is 16.2 Å². The van der Waals surface area contributed by atoms with Crippen molar-refractivity contribution in [1.29, 1.82) is 0 Å². The second-order valence-corrected chi connectivity index (χ2v) is 5.48. The molecule has 25 heavy (non-hydrogen) atoms. The van der Waals surface area contributed by atoms with Gasteiger partial charge >= 0.3 is 0 Å². The molecule has 0 spiro atoms. The Morgan fingerprint density at radius 2 is 2.04 bits per heavy atom. The molecule has 0 atom stereocenters. The first-order valence-corrected chi connectivity index (χ1v) is 7.68. The fourth-order valence-corrected chi connectivity index (χ4v) is 2.48. The largest absolute Gasteiger partial charge is 0.324 e. The predicted molar refractivity (Wildman–Crippen MR) is 92.9 cm³/mol. The van der Waals surface area contributed by atoms with Crippen LogP contribution in [0.2, 0.25) is 0 Å². The number of benzene rings is 1. The van der Waals surface area contributed by atoms with Crippen molar-refractivity contribution in [2.75, 3.05) is 5.32 Å². The average molecular weight is 333 g/mol. The molecule has 8 heteroatoms. The van der Waals surface area contributed by atoms with E-state index in [0.29, 0.717) is 29.4 Å². The molecule has 1 amide bonds. The molecule has 4 aromatic rings. The van der Waals surface area contributed by atoms with Gasteiger partial charge in [0.2, 0.25) is 0 Å². The molecule has 4 rings (SSSR count). The smallest absolute Gasteiger partial charge is 0.257 e. The number of nitrogens with zero attached hydrogens (tertiary/aromatic N) is 4. The number of pyridine rings is 1. The number of nitrogens with two attached hydrogens (primary N) is 1. The van der Waals surface area contributed by atoms with Gasteiger partial charge in [-0.15, -0.1) is 0 Å². The summed E-state index contributed by atoms with van der Waals surface area (Å²) in [4.78, 5) is 20.7. The number of rotatable bonds is 4. The van der Waals surface area contributed by atoms with Crippen LogP contribution < -0.4 is 11.1 Å². The Morgan fingerprint density at radius 3 is 2.80 bits per heavy atom. The first-order chi connectivity index (χ1) is 12.2. The zero-order valence-electron chi connectivity index (χ0n) is 13.2. The molecular formula is C17H15N7O. The zero-order valence-corrected chi connectivity index (χ0v) is 13.2. The third kappa shape index (κ3) is 2.98. The lowest BCUT2D eigenvalue weighted by molar-refractivity contribution is 0.102. The second kappa shape index (κ2) is 6.17. The molecule has 0 fully saturated rings. The van der Waals surface area contributed by atoms with Gasteiger partial charge in [-0.3, -0.25) is 9.89 Å². The van der Waals surface area contributed by atoms with Crippen molar-refractivity contribution < 1.29 is 4.79 Å². The lowest BCUT2D eigenvalue weighted by Crippen LogP contribution is -2.12. The third-order valence-corrected chi connectivity index (χ3v) is 3.80. The number of carbonyl (C=O) groups excluding carboxylic acids is 1. The minimum Gasteiger partial charge on any atom is -0.324 e. The standard InChI is InChI=1S/C17H15N7O/c18-7-15-21-16(23-22-15)11-1-4-13(5-2-11)20-17(25)12-3-6-14-8-19-10-24(14)9-12/h1-6,8-10H,7,18H2,(H,20,25)(H,21,22,23). The van der Waals surface area contributed by atoms with Crippen molar-refractivity contribution in [2.45, 2.75) is 6.54 Å². The third-order valence-electron chi connectivity index (χ3n) is 3.80. The van der Waals surface area contributed by atoms with E-state index in [-0.39, 0.29) is 5.91 Å². The molecule has 0 unspecified atom stereocenters. The molecule has 3 aromatic heterocycles. The van der Waals surface area contributed by atoms with Crippen LogP contribution in [0.5, 0.6) is 0 Å². The fraction of sp³-hybridized carbons (Fsp3) is 0.0588. The zero-order chi connectivity index (χ0) is 17.2. The first-order valence-electron chi connectivity index (χ1n) is 7.68. The molecule has 0 aliphatic carbocycles. The van der Waals surface area contributed by atoms with Crippen molar-refractivity contribution in [3.05, 3.63) is 66.5 Å². The number of aromatic amines is 1. The van der Waals surface area contributed by atoms with Crippen LogP contribution in [0, 0.1) is 0 Å². The highest BCUT2D eigenvalue weighted by Gasteiger charge is 2.09. The molecule has 0 saturated heterocycles. The molecule has 1 aromatic carbocycles. The van der Waals surface area contributed by atoms with E-state index in [1.807, 2.05) is 30.3 Å². The number of imidazole rings is 1. The van der Waals surface area contributed by atoms with E-state index in [0.717, 1.165) is 11.1 Å². The van der Waals surface area contributed by atoms with E-state index in [1.165, 1.54) is 0 Å². The van der Waals surface area contributed by atoms with Crippen molar-refractivity contribution in [3.8, 4) is 11.4 Å². The normalized spacial score (nSPS) is 10.9. The van der Waals surface area contributed by atoms with E-state index >= 15 is 0 Å². The summed E-state index contributed by atoms with van der Waals surface area (Å²) in [5.41, 5.74) is 8.53. The number of aromatic nitrogens is 5. The van der Waals surface area contributed by atoms with Gasteiger partial charge in [-0.25, -0.2) is 9.97 Å². The number of anilines is 1. The highest BCUT2D eigenvalue weighted by atomic mass is 16.1. The Bertz CT molecular complexity index is 1030. The SMILES string of the molecule is NCc1nc(-c2ccc(NC(=O)c3ccc4cncn4c3)cc2)n[nH]1. The molecule has 0 aliphatic heterocycles. The Morgan fingerprint density at radius 1 is 1.20 bits per heavy atom. The Hall–Kier alpha value is -3.52. The van der Waals surface area contributed by atoms with Crippen LogP contribution in [0.15, 0.2) is 55.1 Å². The molecule has 124 valence electrons. The first kappa shape index (κ1) is 15.0. The number of amides is 1. The molecule has 8 nitrogen and oxygen atoms in total. The van der Waals surface area contributed by atoms with E-state index in [2.05, 4.69) is 25.5 Å². The Kier molecular flexibility index (Phi) is 3.71. The van der Waals surface area contributed by atoms with Crippen molar-refractivity contribution in [2.24, 2.45) is 5.73 Å². The van der Waals surface area contributed by atoms with E-state index in [4.69, 9.17) is 5.73 Å². The van der Waals surface area contributed by atoms with Gasteiger partial charge in [-0.1, -0.05) is 0 Å². The number of hydrogen-bond acceptors (Lipinski definition) is 5. The number of hydrogen-bond donors (Lipinski definition) is 3. The summed E-state index contributed by atoms with van der Waals surface area (Å²) in [7, 11) is 0. The molecule has 3 heterocycles. The van der Waals surface area contributed by atoms with Gasteiger partial charge in [-0.2, -0.15) is 5.10 Å². The monoisotopic (exact) mass is 333 g/mol. The lowest BCUT2D eigenvalue weighted by atomic mass is 10.2. The molecule has 4 N–H and O–H groups in total.